The van der Waals surface area contributed by atoms with E-state index in [1.54, 1.807) is 0 Å². The topological polar surface area (TPSA) is 31.2 Å². The summed E-state index contributed by atoms with van der Waals surface area (Å²) in [4.78, 5) is 11.2. The maximum atomic E-state index is 11.2. The molecule has 1 aromatic heterocycles. The Labute approximate surface area is 106 Å². The number of nitrogens with zero attached hydrogens (tertiary/aromatic N) is 1. The summed E-state index contributed by atoms with van der Waals surface area (Å²) in [5.74, 6) is -0.249. The Bertz CT molecular complexity index is 541. The largest absolute Gasteiger partial charge is 0.468 e. The van der Waals surface area contributed by atoms with Crippen LogP contribution in [0.4, 0.5) is 0 Å². The second kappa shape index (κ2) is 5.87. The average Bonchev–Trinajstić information content (AvgIpc) is 2.84. The van der Waals surface area contributed by atoms with Gasteiger partial charge in [0.05, 0.1) is 7.11 Å². The van der Waals surface area contributed by atoms with Gasteiger partial charge in [-0.05, 0) is 23.8 Å². The summed E-state index contributed by atoms with van der Waals surface area (Å²) < 4.78 is 6.51. The normalized spacial score (nSPS) is 10.7. The summed E-state index contributed by atoms with van der Waals surface area (Å²) in [5, 5.41) is 0. The maximum absolute atomic E-state index is 11.2. The van der Waals surface area contributed by atoms with Gasteiger partial charge in [0.15, 0.2) is 0 Å². The molecule has 0 saturated carbocycles. The minimum atomic E-state index is -0.249. The Kier molecular flexibility index (Phi) is 3.97. The Morgan fingerprint density at radius 1 is 1.17 bits per heavy atom. The van der Waals surface area contributed by atoms with Crippen LogP contribution in [0, 0.1) is 0 Å². The van der Waals surface area contributed by atoms with Gasteiger partial charge in [0, 0.05) is 11.9 Å². The van der Waals surface area contributed by atoms with Crippen molar-refractivity contribution in [1.29, 1.82) is 0 Å². The molecule has 0 aliphatic heterocycles. The van der Waals surface area contributed by atoms with Crippen LogP contribution in [-0.4, -0.2) is 17.6 Å². The van der Waals surface area contributed by atoms with Crippen LogP contribution in [-0.2, 0) is 16.1 Å². The highest BCUT2D eigenvalue weighted by Crippen LogP contribution is 2.09. The smallest absolute Gasteiger partial charge is 0.325 e. The molecule has 1 heterocycles. The molecule has 2 rings (SSSR count). The quantitative estimate of drug-likeness (QED) is 0.771. The first-order valence-electron chi connectivity index (χ1n) is 5.74. The van der Waals surface area contributed by atoms with Gasteiger partial charge in [-0.2, -0.15) is 0 Å². The second-order valence-electron chi connectivity index (χ2n) is 3.88. The van der Waals surface area contributed by atoms with E-state index in [0.717, 1.165) is 11.3 Å². The lowest BCUT2D eigenvalue weighted by atomic mass is 10.2. The summed E-state index contributed by atoms with van der Waals surface area (Å²) >= 11 is 0. The molecule has 2 aromatic rings. The van der Waals surface area contributed by atoms with Gasteiger partial charge in [-0.15, -0.1) is 0 Å². The molecule has 0 saturated heterocycles. The van der Waals surface area contributed by atoms with Gasteiger partial charge in [0.25, 0.3) is 0 Å². The van der Waals surface area contributed by atoms with E-state index in [1.165, 1.54) is 7.11 Å². The number of ether oxygens (including phenoxy) is 1. The molecule has 0 aliphatic rings. The van der Waals surface area contributed by atoms with Gasteiger partial charge < -0.3 is 9.30 Å². The van der Waals surface area contributed by atoms with E-state index in [1.807, 2.05) is 65.4 Å². The third kappa shape index (κ3) is 3.10. The van der Waals surface area contributed by atoms with Gasteiger partial charge >= 0.3 is 5.97 Å². The third-order valence-corrected chi connectivity index (χ3v) is 2.64. The molecule has 0 bridgehead atoms. The van der Waals surface area contributed by atoms with Crippen LogP contribution in [0.15, 0.2) is 48.7 Å². The fourth-order valence-electron chi connectivity index (χ4n) is 1.67. The summed E-state index contributed by atoms with van der Waals surface area (Å²) in [6, 6.07) is 13.9. The molecular weight excluding hydrogens is 226 g/mol. The monoisotopic (exact) mass is 241 g/mol. The highest BCUT2D eigenvalue weighted by atomic mass is 16.5. The zero-order valence-corrected chi connectivity index (χ0v) is 10.2. The first-order valence-corrected chi connectivity index (χ1v) is 5.74. The predicted octanol–water partition coefficient (Wildman–Crippen LogP) is 2.83. The Hall–Kier alpha value is -2.29. The van der Waals surface area contributed by atoms with Crippen molar-refractivity contribution in [2.45, 2.75) is 6.54 Å². The highest BCUT2D eigenvalue weighted by molar-refractivity contribution is 5.71. The number of aromatic nitrogens is 1. The van der Waals surface area contributed by atoms with Crippen LogP contribution in [0.1, 0.15) is 11.3 Å². The van der Waals surface area contributed by atoms with Crippen molar-refractivity contribution in [2.75, 3.05) is 7.11 Å². The van der Waals surface area contributed by atoms with Crippen LogP contribution in [0.5, 0.6) is 0 Å². The van der Waals surface area contributed by atoms with Crippen molar-refractivity contribution in [3.8, 4) is 0 Å². The van der Waals surface area contributed by atoms with Crippen molar-refractivity contribution in [3.05, 3.63) is 59.9 Å². The predicted molar refractivity (Wildman–Crippen MR) is 71.8 cm³/mol. The van der Waals surface area contributed by atoms with Crippen molar-refractivity contribution in [1.82, 2.24) is 4.57 Å². The standard InChI is InChI=1S/C15H15NO2/c1-18-15(17)12-16-11-5-8-14(16)10-9-13-6-3-2-4-7-13/h2-11H,12H2,1H3. The molecule has 92 valence electrons. The first kappa shape index (κ1) is 12.2. The lowest BCUT2D eigenvalue weighted by molar-refractivity contribution is -0.141. The van der Waals surface area contributed by atoms with Crippen LogP contribution in [0.25, 0.3) is 12.2 Å². The molecule has 0 fully saturated rings. The fourth-order valence-corrected chi connectivity index (χ4v) is 1.67. The van der Waals surface area contributed by atoms with Crippen LogP contribution < -0.4 is 0 Å². The van der Waals surface area contributed by atoms with Gasteiger partial charge in [-0.25, -0.2) is 0 Å². The molecule has 3 nitrogen and oxygen atoms in total. The van der Waals surface area contributed by atoms with Crippen molar-refractivity contribution in [3.63, 3.8) is 0 Å². The molecule has 0 N–H and O–H groups in total. The molecule has 0 atom stereocenters. The summed E-state index contributed by atoms with van der Waals surface area (Å²) in [6.45, 7) is 0.234. The lowest BCUT2D eigenvalue weighted by Gasteiger charge is -2.04. The van der Waals surface area contributed by atoms with E-state index in [2.05, 4.69) is 4.74 Å². The molecular formula is C15H15NO2. The molecule has 18 heavy (non-hydrogen) atoms. The summed E-state index contributed by atoms with van der Waals surface area (Å²) in [7, 11) is 1.39. The number of carbonyl (C=O) groups excluding carboxylic acids is 1. The van der Waals surface area contributed by atoms with E-state index in [0.29, 0.717) is 0 Å². The van der Waals surface area contributed by atoms with E-state index in [-0.39, 0.29) is 12.5 Å². The summed E-state index contributed by atoms with van der Waals surface area (Å²) in [6.07, 6.45) is 5.86. The van der Waals surface area contributed by atoms with Gasteiger partial charge in [-0.3, -0.25) is 4.79 Å². The third-order valence-electron chi connectivity index (χ3n) is 2.64. The van der Waals surface area contributed by atoms with E-state index >= 15 is 0 Å². The Morgan fingerprint density at radius 2 is 1.94 bits per heavy atom. The van der Waals surface area contributed by atoms with Gasteiger partial charge in [-0.1, -0.05) is 36.4 Å². The SMILES string of the molecule is COC(=O)Cn1cccc1C=Cc1ccccc1. The molecule has 0 radical (unpaired) electrons. The number of benzene rings is 1. The van der Waals surface area contributed by atoms with Gasteiger partial charge in [0.1, 0.15) is 6.54 Å². The van der Waals surface area contributed by atoms with Crippen molar-refractivity contribution in [2.24, 2.45) is 0 Å². The molecule has 0 amide bonds. The molecule has 0 aliphatic carbocycles. The number of methoxy groups -OCH3 is 1. The molecule has 0 spiro atoms. The van der Waals surface area contributed by atoms with Crippen LogP contribution in [0.3, 0.4) is 0 Å². The lowest BCUT2D eigenvalue weighted by Crippen LogP contribution is -2.11. The number of rotatable bonds is 4. The minimum absolute atomic E-state index is 0.234. The number of hydrogen-bond acceptors (Lipinski definition) is 2. The van der Waals surface area contributed by atoms with Crippen LogP contribution in [0.2, 0.25) is 0 Å². The Morgan fingerprint density at radius 3 is 2.67 bits per heavy atom. The minimum Gasteiger partial charge on any atom is -0.468 e. The van der Waals surface area contributed by atoms with E-state index in [9.17, 15) is 4.79 Å². The van der Waals surface area contributed by atoms with Crippen molar-refractivity contribution < 1.29 is 9.53 Å². The molecule has 3 heteroatoms. The molecule has 1 aromatic carbocycles. The van der Waals surface area contributed by atoms with Gasteiger partial charge in [0.2, 0.25) is 0 Å². The van der Waals surface area contributed by atoms with Crippen molar-refractivity contribution >= 4 is 18.1 Å². The maximum Gasteiger partial charge on any atom is 0.325 e. The zero-order valence-electron chi connectivity index (χ0n) is 10.2. The molecule has 0 unspecified atom stereocenters. The zero-order chi connectivity index (χ0) is 12.8. The highest BCUT2D eigenvalue weighted by Gasteiger charge is 2.03. The number of hydrogen-bond donors (Lipinski definition) is 0. The van der Waals surface area contributed by atoms with E-state index in [4.69, 9.17) is 0 Å². The second-order valence-corrected chi connectivity index (χ2v) is 3.88. The Balaban J connectivity index is 2.13. The number of carbonyl (C=O) groups is 1. The van der Waals surface area contributed by atoms with E-state index < -0.39 is 0 Å². The fraction of sp³-hybridized carbons (Fsp3) is 0.133. The number of esters is 1. The van der Waals surface area contributed by atoms with Crippen LogP contribution >= 0.6 is 0 Å². The first-order chi connectivity index (χ1) is 8.79. The average molecular weight is 241 g/mol. The summed E-state index contributed by atoms with van der Waals surface area (Å²) in [5.41, 5.74) is 2.10.